The summed E-state index contributed by atoms with van der Waals surface area (Å²) in [6.07, 6.45) is 4.55. The van der Waals surface area contributed by atoms with Gasteiger partial charge in [0.25, 0.3) is 0 Å². The summed E-state index contributed by atoms with van der Waals surface area (Å²) in [4.78, 5) is 0. The van der Waals surface area contributed by atoms with Gasteiger partial charge in [0.15, 0.2) is 11.5 Å². The maximum atomic E-state index is 5.75. The maximum absolute atomic E-state index is 5.75. The lowest BCUT2D eigenvalue weighted by Gasteiger charge is -2.11. The standard InChI is InChI=1S/C14H19N3O2/c1-17-9-12(8-16-17)10-19-13-4-3-11(5-6-15)7-14(13)18-2/h3-4,7-9H,5-6,10,15H2,1-2H3. The smallest absolute Gasteiger partial charge is 0.161 e. The van der Waals surface area contributed by atoms with Gasteiger partial charge in [0.2, 0.25) is 0 Å². The molecule has 102 valence electrons. The Bertz CT molecular complexity index is 537. The van der Waals surface area contributed by atoms with E-state index < -0.39 is 0 Å². The second-order valence-corrected chi connectivity index (χ2v) is 4.33. The highest BCUT2D eigenvalue weighted by molar-refractivity contribution is 5.43. The molecule has 5 heteroatoms. The first-order valence-electron chi connectivity index (χ1n) is 6.20. The van der Waals surface area contributed by atoms with E-state index in [1.165, 1.54) is 0 Å². The molecule has 0 aliphatic heterocycles. The van der Waals surface area contributed by atoms with Crippen molar-refractivity contribution in [3.63, 3.8) is 0 Å². The van der Waals surface area contributed by atoms with Crippen LogP contribution in [0.1, 0.15) is 11.1 Å². The molecule has 0 aliphatic carbocycles. The Morgan fingerprint density at radius 1 is 1.26 bits per heavy atom. The van der Waals surface area contributed by atoms with Crippen LogP contribution in [0.4, 0.5) is 0 Å². The Balaban J connectivity index is 2.06. The lowest BCUT2D eigenvalue weighted by molar-refractivity contribution is 0.284. The highest BCUT2D eigenvalue weighted by atomic mass is 16.5. The van der Waals surface area contributed by atoms with Gasteiger partial charge in [0, 0.05) is 18.8 Å². The second kappa shape index (κ2) is 6.24. The van der Waals surface area contributed by atoms with Crippen LogP contribution >= 0.6 is 0 Å². The molecular formula is C14H19N3O2. The van der Waals surface area contributed by atoms with Crippen LogP contribution in [-0.4, -0.2) is 23.4 Å². The van der Waals surface area contributed by atoms with Crippen LogP contribution in [-0.2, 0) is 20.1 Å². The zero-order valence-electron chi connectivity index (χ0n) is 11.3. The van der Waals surface area contributed by atoms with Crippen molar-refractivity contribution in [2.24, 2.45) is 12.8 Å². The average molecular weight is 261 g/mol. The number of nitrogens with two attached hydrogens (primary N) is 1. The number of hydrogen-bond donors (Lipinski definition) is 1. The highest BCUT2D eigenvalue weighted by Crippen LogP contribution is 2.28. The summed E-state index contributed by atoms with van der Waals surface area (Å²) in [6, 6.07) is 5.89. The van der Waals surface area contributed by atoms with Gasteiger partial charge in [-0.25, -0.2) is 0 Å². The van der Waals surface area contributed by atoms with E-state index >= 15 is 0 Å². The largest absolute Gasteiger partial charge is 0.493 e. The van der Waals surface area contributed by atoms with Crippen LogP contribution in [0.2, 0.25) is 0 Å². The summed E-state index contributed by atoms with van der Waals surface area (Å²) in [5.74, 6) is 1.46. The third-order valence-electron chi connectivity index (χ3n) is 2.81. The summed E-state index contributed by atoms with van der Waals surface area (Å²) in [7, 11) is 3.52. The van der Waals surface area contributed by atoms with E-state index in [-0.39, 0.29) is 0 Å². The molecule has 2 aromatic rings. The SMILES string of the molecule is COc1cc(CCN)ccc1OCc1cnn(C)c1. The molecule has 0 fully saturated rings. The van der Waals surface area contributed by atoms with Crippen LogP contribution in [0.25, 0.3) is 0 Å². The van der Waals surface area contributed by atoms with Gasteiger partial charge < -0.3 is 15.2 Å². The molecule has 0 spiro atoms. The van der Waals surface area contributed by atoms with Gasteiger partial charge >= 0.3 is 0 Å². The monoisotopic (exact) mass is 261 g/mol. The number of aromatic nitrogens is 2. The molecule has 0 saturated heterocycles. The molecule has 1 heterocycles. The van der Waals surface area contributed by atoms with Crippen molar-refractivity contribution in [1.29, 1.82) is 0 Å². The summed E-state index contributed by atoms with van der Waals surface area (Å²) in [6.45, 7) is 1.10. The topological polar surface area (TPSA) is 62.3 Å². The van der Waals surface area contributed by atoms with Crippen LogP contribution in [0.5, 0.6) is 11.5 Å². The minimum Gasteiger partial charge on any atom is -0.493 e. The van der Waals surface area contributed by atoms with Gasteiger partial charge in [-0.1, -0.05) is 6.07 Å². The minimum absolute atomic E-state index is 0.473. The highest BCUT2D eigenvalue weighted by Gasteiger charge is 2.06. The van der Waals surface area contributed by atoms with E-state index in [1.54, 1.807) is 18.0 Å². The van der Waals surface area contributed by atoms with Gasteiger partial charge in [-0.05, 0) is 30.7 Å². The van der Waals surface area contributed by atoms with E-state index in [2.05, 4.69) is 5.10 Å². The number of methoxy groups -OCH3 is 1. The van der Waals surface area contributed by atoms with Crippen LogP contribution in [0.15, 0.2) is 30.6 Å². The van der Waals surface area contributed by atoms with Gasteiger partial charge in [0.05, 0.1) is 13.3 Å². The van der Waals surface area contributed by atoms with E-state index in [0.29, 0.717) is 13.2 Å². The zero-order valence-corrected chi connectivity index (χ0v) is 11.3. The molecule has 0 bridgehead atoms. The molecule has 0 amide bonds. The Morgan fingerprint density at radius 2 is 2.11 bits per heavy atom. The van der Waals surface area contributed by atoms with Crippen molar-refractivity contribution in [2.75, 3.05) is 13.7 Å². The summed E-state index contributed by atoms with van der Waals surface area (Å²) in [5.41, 5.74) is 7.72. The molecular weight excluding hydrogens is 242 g/mol. The van der Waals surface area contributed by atoms with Crippen molar-refractivity contribution in [3.8, 4) is 11.5 Å². The van der Waals surface area contributed by atoms with Gasteiger partial charge in [-0.3, -0.25) is 4.68 Å². The lowest BCUT2D eigenvalue weighted by atomic mass is 10.1. The predicted octanol–water partition coefficient (Wildman–Crippen LogP) is 1.51. The number of ether oxygens (including phenoxy) is 2. The fourth-order valence-electron chi connectivity index (χ4n) is 1.86. The Morgan fingerprint density at radius 3 is 2.74 bits per heavy atom. The Labute approximate surface area is 112 Å². The maximum Gasteiger partial charge on any atom is 0.161 e. The Kier molecular flexibility index (Phi) is 4.41. The molecule has 0 atom stereocenters. The van der Waals surface area contributed by atoms with Crippen molar-refractivity contribution < 1.29 is 9.47 Å². The van der Waals surface area contributed by atoms with Crippen LogP contribution in [0, 0.1) is 0 Å². The van der Waals surface area contributed by atoms with E-state index in [0.717, 1.165) is 29.0 Å². The molecule has 1 aromatic heterocycles. The molecule has 0 saturated carbocycles. The number of nitrogens with zero attached hydrogens (tertiary/aromatic N) is 2. The van der Waals surface area contributed by atoms with Crippen molar-refractivity contribution in [2.45, 2.75) is 13.0 Å². The number of hydrogen-bond acceptors (Lipinski definition) is 4. The van der Waals surface area contributed by atoms with Gasteiger partial charge in [0.1, 0.15) is 6.61 Å². The molecule has 1 aromatic carbocycles. The number of rotatable bonds is 6. The molecule has 5 nitrogen and oxygen atoms in total. The van der Waals surface area contributed by atoms with Crippen molar-refractivity contribution in [3.05, 3.63) is 41.7 Å². The molecule has 19 heavy (non-hydrogen) atoms. The van der Waals surface area contributed by atoms with Crippen molar-refractivity contribution >= 4 is 0 Å². The van der Waals surface area contributed by atoms with Gasteiger partial charge in [-0.2, -0.15) is 5.10 Å². The first kappa shape index (κ1) is 13.4. The van der Waals surface area contributed by atoms with E-state index in [9.17, 15) is 0 Å². The first-order chi connectivity index (χ1) is 9.22. The quantitative estimate of drug-likeness (QED) is 0.856. The summed E-state index contributed by atoms with van der Waals surface area (Å²) >= 11 is 0. The number of benzene rings is 1. The van der Waals surface area contributed by atoms with Crippen molar-refractivity contribution in [1.82, 2.24) is 9.78 Å². The third kappa shape index (κ3) is 3.48. The van der Waals surface area contributed by atoms with E-state index in [1.807, 2.05) is 31.4 Å². The predicted molar refractivity (Wildman–Crippen MR) is 73.3 cm³/mol. The van der Waals surface area contributed by atoms with Crippen LogP contribution < -0.4 is 15.2 Å². The molecule has 2 rings (SSSR count). The zero-order chi connectivity index (χ0) is 13.7. The molecule has 0 unspecified atom stereocenters. The first-order valence-corrected chi connectivity index (χ1v) is 6.20. The fraction of sp³-hybridized carbons (Fsp3) is 0.357. The third-order valence-corrected chi connectivity index (χ3v) is 2.81. The molecule has 2 N–H and O–H groups in total. The van der Waals surface area contributed by atoms with E-state index in [4.69, 9.17) is 15.2 Å². The average Bonchev–Trinajstić information content (AvgIpc) is 2.83. The number of aryl methyl sites for hydroxylation is 1. The minimum atomic E-state index is 0.473. The van der Waals surface area contributed by atoms with Crippen LogP contribution in [0.3, 0.4) is 0 Å². The normalized spacial score (nSPS) is 10.5. The Hall–Kier alpha value is -2.01. The van der Waals surface area contributed by atoms with Gasteiger partial charge in [-0.15, -0.1) is 0 Å². The molecule has 0 radical (unpaired) electrons. The molecule has 0 aliphatic rings. The fourth-order valence-corrected chi connectivity index (χ4v) is 1.86. The second-order valence-electron chi connectivity index (χ2n) is 4.33. The lowest BCUT2D eigenvalue weighted by Crippen LogP contribution is -2.03. The summed E-state index contributed by atoms with van der Waals surface area (Å²) in [5, 5.41) is 4.10. The summed E-state index contributed by atoms with van der Waals surface area (Å²) < 4.78 is 12.8.